The second kappa shape index (κ2) is 6.23. The maximum absolute atomic E-state index is 12.7. The summed E-state index contributed by atoms with van der Waals surface area (Å²) in [6, 6.07) is 8.86. The largest absolute Gasteiger partial charge is 0.481 e. The van der Waals surface area contributed by atoms with Gasteiger partial charge in [0, 0.05) is 18.7 Å². The molecule has 0 spiro atoms. The van der Waals surface area contributed by atoms with Crippen LogP contribution in [0.15, 0.2) is 36.5 Å². The third-order valence-electron chi connectivity index (χ3n) is 3.94. The van der Waals surface area contributed by atoms with Crippen molar-refractivity contribution in [1.82, 2.24) is 15.0 Å². The lowest BCUT2D eigenvalue weighted by atomic mass is 10.1. The highest BCUT2D eigenvalue weighted by molar-refractivity contribution is 6.07. The Morgan fingerprint density at radius 2 is 1.75 bits per heavy atom. The summed E-state index contributed by atoms with van der Waals surface area (Å²) >= 11 is 0. The topological polar surface area (TPSA) is 68.2 Å². The smallest absolute Gasteiger partial charge is 0.258 e. The molecule has 0 aliphatic carbocycles. The molecule has 0 fully saturated rings. The average molecular weight is 322 g/mol. The summed E-state index contributed by atoms with van der Waals surface area (Å²) in [6.07, 6.45) is 1.60. The summed E-state index contributed by atoms with van der Waals surface area (Å²) in [5.74, 6) is 0.371. The van der Waals surface area contributed by atoms with Gasteiger partial charge in [-0.1, -0.05) is 0 Å². The van der Waals surface area contributed by atoms with Crippen LogP contribution in [0.3, 0.4) is 0 Å². The fraction of sp³-hybridized carbons (Fsp3) is 0.222. The minimum Gasteiger partial charge on any atom is -0.481 e. The molecule has 6 nitrogen and oxygen atoms in total. The normalized spacial score (nSPS) is 10.7. The van der Waals surface area contributed by atoms with E-state index in [-0.39, 0.29) is 5.91 Å². The van der Waals surface area contributed by atoms with Crippen LogP contribution in [0, 0.1) is 13.8 Å². The second-order valence-electron chi connectivity index (χ2n) is 5.52. The molecule has 6 heteroatoms. The van der Waals surface area contributed by atoms with Crippen molar-refractivity contribution in [3.8, 4) is 5.88 Å². The molecule has 2 aromatic heterocycles. The quantitative estimate of drug-likeness (QED) is 0.741. The number of hydrogen-bond donors (Lipinski definition) is 0. The van der Waals surface area contributed by atoms with Gasteiger partial charge in [0.1, 0.15) is 0 Å². The van der Waals surface area contributed by atoms with Crippen molar-refractivity contribution in [2.75, 3.05) is 19.1 Å². The van der Waals surface area contributed by atoms with Gasteiger partial charge in [-0.15, -0.1) is 0 Å². The molecule has 1 amide bonds. The van der Waals surface area contributed by atoms with E-state index in [9.17, 15) is 4.79 Å². The number of carbonyl (C=O) groups excluding carboxylic acids is 1. The van der Waals surface area contributed by atoms with Crippen molar-refractivity contribution < 1.29 is 9.53 Å². The molecule has 0 N–H and O–H groups in total. The molecule has 0 aliphatic heterocycles. The third-order valence-corrected chi connectivity index (χ3v) is 3.94. The summed E-state index contributed by atoms with van der Waals surface area (Å²) in [5, 5.41) is 0. The first-order valence-electron chi connectivity index (χ1n) is 7.52. The Morgan fingerprint density at radius 1 is 1.04 bits per heavy atom. The number of fused-ring (bicyclic) bond motifs is 1. The van der Waals surface area contributed by atoms with Crippen molar-refractivity contribution in [2.24, 2.45) is 0 Å². The van der Waals surface area contributed by atoms with Crippen molar-refractivity contribution in [3.05, 3.63) is 53.5 Å². The van der Waals surface area contributed by atoms with E-state index in [0.29, 0.717) is 22.6 Å². The number of pyridine rings is 1. The van der Waals surface area contributed by atoms with Gasteiger partial charge in [-0.3, -0.25) is 4.79 Å². The zero-order valence-corrected chi connectivity index (χ0v) is 14.1. The number of ether oxygens (including phenoxy) is 1. The number of anilines is 1. The summed E-state index contributed by atoms with van der Waals surface area (Å²) in [6.45, 7) is 3.83. The van der Waals surface area contributed by atoms with Crippen LogP contribution < -0.4 is 9.64 Å². The Morgan fingerprint density at radius 3 is 2.38 bits per heavy atom. The van der Waals surface area contributed by atoms with E-state index < -0.39 is 0 Å². The van der Waals surface area contributed by atoms with Crippen molar-refractivity contribution in [1.29, 1.82) is 0 Å². The molecule has 0 aliphatic rings. The lowest BCUT2D eigenvalue weighted by molar-refractivity contribution is 0.0993. The van der Waals surface area contributed by atoms with Crippen molar-refractivity contribution in [3.63, 3.8) is 0 Å². The molecule has 0 saturated heterocycles. The lowest BCUT2D eigenvalue weighted by Crippen LogP contribution is -2.26. The summed E-state index contributed by atoms with van der Waals surface area (Å²) in [4.78, 5) is 27.4. The van der Waals surface area contributed by atoms with Gasteiger partial charge in [0.2, 0.25) is 5.88 Å². The van der Waals surface area contributed by atoms with Gasteiger partial charge in [-0.05, 0) is 38.1 Å². The minimum absolute atomic E-state index is 0.135. The fourth-order valence-electron chi connectivity index (χ4n) is 2.37. The van der Waals surface area contributed by atoms with Crippen LogP contribution >= 0.6 is 0 Å². The molecular weight excluding hydrogens is 304 g/mol. The standard InChI is InChI=1S/C18H18N4O2/c1-11-12(2)21-16-9-13(5-7-15(16)20-11)18(23)22(3)14-6-8-17(24-4)19-10-14/h5-10H,1-4H3. The molecule has 0 unspecified atom stereocenters. The van der Waals surface area contributed by atoms with Crippen LogP contribution in [0.4, 0.5) is 5.69 Å². The molecule has 3 rings (SSSR count). The van der Waals surface area contributed by atoms with Crippen molar-refractivity contribution >= 4 is 22.6 Å². The zero-order valence-electron chi connectivity index (χ0n) is 14.1. The molecule has 3 aromatic rings. The van der Waals surface area contributed by atoms with E-state index in [1.165, 1.54) is 0 Å². The molecule has 1 aromatic carbocycles. The van der Waals surface area contributed by atoms with Crippen LogP contribution in [-0.2, 0) is 0 Å². The number of amides is 1. The Kier molecular flexibility index (Phi) is 4.12. The third kappa shape index (κ3) is 2.90. The van der Waals surface area contributed by atoms with Crippen molar-refractivity contribution in [2.45, 2.75) is 13.8 Å². The minimum atomic E-state index is -0.135. The number of nitrogens with zero attached hydrogens (tertiary/aromatic N) is 4. The number of benzene rings is 1. The van der Waals surface area contributed by atoms with E-state index in [2.05, 4.69) is 15.0 Å². The van der Waals surface area contributed by atoms with Gasteiger partial charge >= 0.3 is 0 Å². The van der Waals surface area contributed by atoms with Gasteiger partial charge in [-0.25, -0.2) is 15.0 Å². The number of hydrogen-bond acceptors (Lipinski definition) is 5. The number of aromatic nitrogens is 3. The number of aryl methyl sites for hydroxylation is 2. The fourth-order valence-corrected chi connectivity index (χ4v) is 2.37. The van der Waals surface area contributed by atoms with E-state index in [0.717, 1.165) is 16.9 Å². The van der Waals surface area contributed by atoms with Crippen LogP contribution in [0.1, 0.15) is 21.7 Å². The molecular formula is C18H18N4O2. The summed E-state index contributed by atoms with van der Waals surface area (Å²) in [7, 11) is 3.26. The molecule has 122 valence electrons. The Hall–Kier alpha value is -3.02. The zero-order chi connectivity index (χ0) is 17.3. The Bertz CT molecular complexity index is 907. The van der Waals surface area contributed by atoms with Gasteiger partial charge in [0.05, 0.1) is 41.4 Å². The second-order valence-corrected chi connectivity index (χ2v) is 5.52. The van der Waals surface area contributed by atoms with Crippen LogP contribution in [0.5, 0.6) is 5.88 Å². The predicted octanol–water partition coefficient (Wildman–Crippen LogP) is 2.93. The van der Waals surface area contributed by atoms with E-state index in [1.807, 2.05) is 19.9 Å². The molecule has 24 heavy (non-hydrogen) atoms. The van der Waals surface area contributed by atoms with E-state index >= 15 is 0 Å². The highest BCUT2D eigenvalue weighted by Crippen LogP contribution is 2.19. The monoisotopic (exact) mass is 322 g/mol. The summed E-state index contributed by atoms with van der Waals surface area (Å²) in [5.41, 5.74) is 4.49. The van der Waals surface area contributed by atoms with Gasteiger partial charge in [0.15, 0.2) is 0 Å². The first kappa shape index (κ1) is 15.9. The first-order chi connectivity index (χ1) is 11.5. The number of carbonyl (C=O) groups is 1. The number of rotatable bonds is 3. The van der Waals surface area contributed by atoms with Crippen LogP contribution in [0.25, 0.3) is 11.0 Å². The summed E-state index contributed by atoms with van der Waals surface area (Å²) < 4.78 is 5.03. The molecule has 0 radical (unpaired) electrons. The van der Waals surface area contributed by atoms with Gasteiger partial charge in [-0.2, -0.15) is 0 Å². The Balaban J connectivity index is 1.93. The maximum atomic E-state index is 12.7. The lowest BCUT2D eigenvalue weighted by Gasteiger charge is -2.17. The van der Waals surface area contributed by atoms with Crippen LogP contribution in [0.2, 0.25) is 0 Å². The molecule has 0 saturated carbocycles. The van der Waals surface area contributed by atoms with Gasteiger partial charge in [0.25, 0.3) is 5.91 Å². The van der Waals surface area contributed by atoms with E-state index in [1.54, 1.807) is 49.5 Å². The molecule has 2 heterocycles. The number of methoxy groups -OCH3 is 1. The Labute approximate surface area is 140 Å². The van der Waals surface area contributed by atoms with Gasteiger partial charge < -0.3 is 9.64 Å². The maximum Gasteiger partial charge on any atom is 0.258 e. The van der Waals surface area contributed by atoms with Crippen LogP contribution in [-0.4, -0.2) is 35.0 Å². The average Bonchev–Trinajstić information content (AvgIpc) is 2.61. The highest BCUT2D eigenvalue weighted by Gasteiger charge is 2.15. The molecule has 0 bridgehead atoms. The SMILES string of the molecule is COc1ccc(N(C)C(=O)c2ccc3nc(C)c(C)nc3c2)cn1. The highest BCUT2D eigenvalue weighted by atomic mass is 16.5. The molecule has 0 atom stereocenters. The first-order valence-corrected chi connectivity index (χ1v) is 7.52. The van der Waals surface area contributed by atoms with E-state index in [4.69, 9.17) is 4.74 Å². The predicted molar refractivity (Wildman–Crippen MR) is 92.5 cm³/mol.